The first-order chi connectivity index (χ1) is 4.35. The molecule has 0 aromatic rings. The third kappa shape index (κ3) is 4.05. The molecule has 0 aliphatic heterocycles. The van der Waals surface area contributed by atoms with E-state index in [2.05, 4.69) is 18.2 Å². The first kappa shape index (κ1) is 8.52. The zero-order valence-corrected chi connectivity index (χ0v) is 5.98. The molecular weight excluding hydrogens is 110 g/mol. The summed E-state index contributed by atoms with van der Waals surface area (Å²) >= 11 is 0. The Balaban J connectivity index is 3.32. The topological polar surface area (TPSA) is 12.0 Å². The second-order valence-electron chi connectivity index (χ2n) is 2.04. The van der Waals surface area contributed by atoms with Crippen LogP contribution in [-0.2, 0) is 0 Å². The minimum absolute atomic E-state index is 0.465. The van der Waals surface area contributed by atoms with E-state index in [1.165, 1.54) is 0 Å². The molecule has 0 aliphatic rings. The Kier molecular flexibility index (Phi) is 5.35. The molecule has 1 radical (unpaired) electrons. The largest absolute Gasteiger partial charge is 0.316 e. The van der Waals surface area contributed by atoms with E-state index in [1.807, 2.05) is 7.05 Å². The second kappa shape index (κ2) is 5.65. The summed E-state index contributed by atoms with van der Waals surface area (Å²) < 4.78 is 0. The fourth-order valence-electron chi connectivity index (χ4n) is 0.737. The fourth-order valence-corrected chi connectivity index (χ4v) is 0.737. The first-order valence-electron chi connectivity index (χ1n) is 3.25. The van der Waals surface area contributed by atoms with Crippen LogP contribution in [0.3, 0.4) is 0 Å². The van der Waals surface area contributed by atoms with Crippen molar-refractivity contribution in [1.29, 1.82) is 0 Å². The van der Waals surface area contributed by atoms with E-state index in [0.29, 0.717) is 6.04 Å². The molecule has 0 rings (SSSR count). The van der Waals surface area contributed by atoms with Crippen molar-refractivity contribution in [2.24, 2.45) is 0 Å². The van der Waals surface area contributed by atoms with Crippen molar-refractivity contribution in [3.05, 3.63) is 6.92 Å². The highest BCUT2D eigenvalue weighted by Gasteiger charge is 1.99. The summed E-state index contributed by atoms with van der Waals surface area (Å²) in [6.07, 6.45) is 7.96. The number of rotatable bonds is 4. The summed E-state index contributed by atoms with van der Waals surface area (Å²) in [5.74, 6) is 2.61. The molecule has 51 valence electrons. The monoisotopic (exact) mass is 124 g/mol. The number of nitrogens with one attached hydrogen (secondary N) is 1. The molecule has 1 nitrogen and oxygen atoms in total. The molecule has 0 aromatic carbocycles. The smallest absolute Gasteiger partial charge is 0.0240 e. The molecule has 0 aliphatic carbocycles. The lowest BCUT2D eigenvalue weighted by Gasteiger charge is -2.09. The van der Waals surface area contributed by atoms with Gasteiger partial charge in [0.1, 0.15) is 0 Å². The lowest BCUT2D eigenvalue weighted by molar-refractivity contribution is 0.538. The van der Waals surface area contributed by atoms with Gasteiger partial charge in [-0.1, -0.05) is 13.3 Å². The highest BCUT2D eigenvalue weighted by Crippen LogP contribution is 1.98. The van der Waals surface area contributed by atoms with Crippen LogP contribution < -0.4 is 5.32 Å². The van der Waals surface area contributed by atoms with Crippen molar-refractivity contribution in [3.8, 4) is 12.3 Å². The minimum atomic E-state index is 0.465. The lowest BCUT2D eigenvalue weighted by atomic mass is 10.1. The van der Waals surface area contributed by atoms with E-state index in [4.69, 9.17) is 6.42 Å². The van der Waals surface area contributed by atoms with Gasteiger partial charge in [-0.3, -0.25) is 0 Å². The van der Waals surface area contributed by atoms with Gasteiger partial charge in [0.2, 0.25) is 0 Å². The summed E-state index contributed by atoms with van der Waals surface area (Å²) in [6.45, 7) is 3.75. The van der Waals surface area contributed by atoms with Crippen LogP contribution >= 0.6 is 0 Å². The summed E-state index contributed by atoms with van der Waals surface area (Å²) in [5, 5.41) is 3.12. The minimum Gasteiger partial charge on any atom is -0.316 e. The molecule has 0 saturated heterocycles. The van der Waals surface area contributed by atoms with Crippen LogP contribution in [0.15, 0.2) is 0 Å². The van der Waals surface area contributed by atoms with Crippen molar-refractivity contribution in [2.75, 3.05) is 7.05 Å². The number of terminal acetylenes is 1. The van der Waals surface area contributed by atoms with E-state index in [1.54, 1.807) is 0 Å². The van der Waals surface area contributed by atoms with Gasteiger partial charge in [-0.15, -0.1) is 12.3 Å². The third-order valence-corrected chi connectivity index (χ3v) is 1.33. The highest BCUT2D eigenvalue weighted by atomic mass is 14.9. The Bertz CT molecular complexity index is 91.2. The molecule has 1 unspecified atom stereocenters. The maximum atomic E-state index is 5.12. The van der Waals surface area contributed by atoms with Crippen molar-refractivity contribution >= 4 is 0 Å². The fraction of sp³-hybridized carbons (Fsp3) is 0.625. The Labute approximate surface area is 57.8 Å². The van der Waals surface area contributed by atoms with Gasteiger partial charge in [0.25, 0.3) is 0 Å². The van der Waals surface area contributed by atoms with Gasteiger partial charge in [-0.2, -0.15) is 0 Å². The SMILES string of the molecule is C#CCC(CC[CH2])NC. The molecule has 0 amide bonds. The van der Waals surface area contributed by atoms with Gasteiger partial charge in [0, 0.05) is 12.5 Å². The van der Waals surface area contributed by atoms with Crippen LogP contribution in [0, 0.1) is 19.3 Å². The molecule has 9 heavy (non-hydrogen) atoms. The van der Waals surface area contributed by atoms with Gasteiger partial charge >= 0.3 is 0 Å². The first-order valence-corrected chi connectivity index (χ1v) is 3.25. The predicted molar refractivity (Wildman–Crippen MR) is 40.9 cm³/mol. The summed E-state index contributed by atoms with van der Waals surface area (Å²) in [4.78, 5) is 0. The number of hydrogen-bond acceptors (Lipinski definition) is 1. The normalized spacial score (nSPS) is 12.6. The van der Waals surface area contributed by atoms with E-state index >= 15 is 0 Å². The lowest BCUT2D eigenvalue weighted by Crippen LogP contribution is -2.23. The van der Waals surface area contributed by atoms with E-state index < -0.39 is 0 Å². The Morgan fingerprint density at radius 2 is 2.44 bits per heavy atom. The van der Waals surface area contributed by atoms with Gasteiger partial charge in [0.05, 0.1) is 0 Å². The quantitative estimate of drug-likeness (QED) is 0.555. The van der Waals surface area contributed by atoms with Gasteiger partial charge in [-0.25, -0.2) is 0 Å². The van der Waals surface area contributed by atoms with Crippen LogP contribution in [0.4, 0.5) is 0 Å². The van der Waals surface area contributed by atoms with E-state index in [9.17, 15) is 0 Å². The molecule has 0 spiro atoms. The summed E-state index contributed by atoms with van der Waals surface area (Å²) in [7, 11) is 1.93. The predicted octanol–water partition coefficient (Wildman–Crippen LogP) is 1.21. The molecule has 0 bridgehead atoms. The zero-order valence-electron chi connectivity index (χ0n) is 5.98. The molecular formula is C8H14N. The molecule has 0 fully saturated rings. The average molecular weight is 124 g/mol. The van der Waals surface area contributed by atoms with Crippen LogP contribution in [-0.4, -0.2) is 13.1 Å². The standard InChI is InChI=1S/C8H14N/c1-4-6-8(9-3)7-5-2/h1,8-9H,2,5-7H2,3H3. The second-order valence-corrected chi connectivity index (χ2v) is 2.04. The molecule has 0 heterocycles. The average Bonchev–Trinajstić information content (AvgIpc) is 1.88. The van der Waals surface area contributed by atoms with Crippen molar-refractivity contribution in [3.63, 3.8) is 0 Å². The van der Waals surface area contributed by atoms with Crippen molar-refractivity contribution < 1.29 is 0 Å². The van der Waals surface area contributed by atoms with Crippen LogP contribution in [0.5, 0.6) is 0 Å². The maximum absolute atomic E-state index is 5.12. The molecule has 0 aromatic heterocycles. The highest BCUT2D eigenvalue weighted by molar-refractivity contribution is 4.89. The van der Waals surface area contributed by atoms with Gasteiger partial charge in [-0.05, 0) is 13.5 Å². The van der Waals surface area contributed by atoms with Crippen molar-refractivity contribution in [2.45, 2.75) is 25.3 Å². The Morgan fingerprint density at radius 3 is 2.78 bits per heavy atom. The zero-order chi connectivity index (χ0) is 7.11. The van der Waals surface area contributed by atoms with Crippen molar-refractivity contribution in [1.82, 2.24) is 5.32 Å². The number of hydrogen-bond donors (Lipinski definition) is 1. The molecule has 1 atom stereocenters. The van der Waals surface area contributed by atoms with E-state index in [0.717, 1.165) is 19.3 Å². The van der Waals surface area contributed by atoms with Crippen LogP contribution in [0.25, 0.3) is 0 Å². The van der Waals surface area contributed by atoms with Gasteiger partial charge < -0.3 is 5.32 Å². The summed E-state index contributed by atoms with van der Waals surface area (Å²) in [6, 6.07) is 0.465. The Morgan fingerprint density at radius 1 is 1.78 bits per heavy atom. The third-order valence-electron chi connectivity index (χ3n) is 1.33. The van der Waals surface area contributed by atoms with Gasteiger partial charge in [0.15, 0.2) is 0 Å². The van der Waals surface area contributed by atoms with Crippen LogP contribution in [0.2, 0.25) is 0 Å². The molecule has 0 saturated carbocycles. The van der Waals surface area contributed by atoms with Crippen LogP contribution in [0.1, 0.15) is 19.3 Å². The maximum Gasteiger partial charge on any atom is 0.0240 e. The summed E-state index contributed by atoms with van der Waals surface area (Å²) in [5.41, 5.74) is 0. The Hall–Kier alpha value is -0.480. The molecule has 1 N–H and O–H groups in total. The van der Waals surface area contributed by atoms with E-state index in [-0.39, 0.29) is 0 Å². The molecule has 1 heteroatoms.